The van der Waals surface area contributed by atoms with Crippen molar-refractivity contribution in [3.63, 3.8) is 0 Å². The fraction of sp³-hybridized carbons (Fsp3) is 0.0909. The monoisotopic (exact) mass is 200 g/mol. The summed E-state index contributed by atoms with van der Waals surface area (Å²) in [6, 6.07) is 9.30. The van der Waals surface area contributed by atoms with Crippen LogP contribution in [0, 0.1) is 0 Å². The number of nitrogens with two attached hydrogens (primary N) is 1. The molecule has 0 spiro atoms. The molecule has 0 bridgehead atoms. The first-order chi connectivity index (χ1) is 7.25. The molecule has 75 valence electrons. The van der Waals surface area contributed by atoms with Crippen molar-refractivity contribution >= 4 is 5.82 Å². The van der Waals surface area contributed by atoms with Gasteiger partial charge in [-0.2, -0.15) is 9.97 Å². The molecule has 1 heterocycles. The molecule has 1 aromatic heterocycles. The topological polar surface area (TPSA) is 71.7 Å². The minimum atomic E-state index is -0.538. The molecule has 0 aliphatic carbocycles. The first-order valence-corrected chi connectivity index (χ1v) is 4.58. The van der Waals surface area contributed by atoms with Gasteiger partial charge in [-0.25, -0.2) is 5.11 Å². The van der Waals surface area contributed by atoms with Gasteiger partial charge in [-0.1, -0.05) is 30.3 Å². The molecule has 0 saturated heterocycles. The Balaban J connectivity index is 2.25. The standard InChI is InChI=1S/C11H10N3O/c12-10-9(7-13-11(15)14-10)6-8-4-2-1-3-5-8/h1-5,7H,6H2,(H2,12,13,14). The second kappa shape index (κ2) is 3.96. The highest BCUT2D eigenvalue weighted by Crippen LogP contribution is 2.15. The first kappa shape index (κ1) is 9.45. The molecule has 0 amide bonds. The van der Waals surface area contributed by atoms with E-state index in [1.165, 1.54) is 6.20 Å². The predicted molar refractivity (Wildman–Crippen MR) is 55.8 cm³/mol. The minimum absolute atomic E-state index is 0.263. The quantitative estimate of drug-likeness (QED) is 0.803. The van der Waals surface area contributed by atoms with Gasteiger partial charge in [-0.3, -0.25) is 0 Å². The lowest BCUT2D eigenvalue weighted by atomic mass is 10.1. The van der Waals surface area contributed by atoms with Gasteiger partial charge < -0.3 is 5.73 Å². The highest BCUT2D eigenvalue weighted by atomic mass is 16.3. The van der Waals surface area contributed by atoms with E-state index < -0.39 is 6.01 Å². The van der Waals surface area contributed by atoms with Gasteiger partial charge in [0.25, 0.3) is 0 Å². The third kappa shape index (κ3) is 2.22. The molecule has 0 atom stereocenters. The highest BCUT2D eigenvalue weighted by Gasteiger charge is 2.04. The van der Waals surface area contributed by atoms with E-state index >= 15 is 0 Å². The normalized spacial score (nSPS) is 10.1. The van der Waals surface area contributed by atoms with Crippen LogP contribution in [0.3, 0.4) is 0 Å². The van der Waals surface area contributed by atoms with Gasteiger partial charge in [-0.15, -0.1) is 0 Å². The first-order valence-electron chi connectivity index (χ1n) is 4.58. The van der Waals surface area contributed by atoms with E-state index in [4.69, 9.17) is 5.73 Å². The second-order valence-corrected chi connectivity index (χ2v) is 3.23. The average molecular weight is 200 g/mol. The molecule has 0 unspecified atom stereocenters. The van der Waals surface area contributed by atoms with E-state index in [1.54, 1.807) is 0 Å². The lowest BCUT2D eigenvalue weighted by molar-refractivity contribution is 0.319. The molecular weight excluding hydrogens is 190 g/mol. The summed E-state index contributed by atoms with van der Waals surface area (Å²) < 4.78 is 0. The molecule has 4 nitrogen and oxygen atoms in total. The zero-order valence-electron chi connectivity index (χ0n) is 8.05. The van der Waals surface area contributed by atoms with Crippen LogP contribution in [-0.4, -0.2) is 9.97 Å². The van der Waals surface area contributed by atoms with Crippen molar-refractivity contribution in [3.05, 3.63) is 47.7 Å². The maximum atomic E-state index is 10.8. The van der Waals surface area contributed by atoms with Crippen molar-refractivity contribution in [2.24, 2.45) is 0 Å². The summed E-state index contributed by atoms with van der Waals surface area (Å²) in [6.07, 6.45) is 2.13. The molecule has 1 aromatic carbocycles. The van der Waals surface area contributed by atoms with Crippen LogP contribution in [0.2, 0.25) is 0 Å². The van der Waals surface area contributed by atoms with E-state index in [0.29, 0.717) is 6.42 Å². The van der Waals surface area contributed by atoms with Crippen molar-refractivity contribution in [1.82, 2.24) is 9.97 Å². The third-order valence-electron chi connectivity index (χ3n) is 2.11. The molecule has 0 aliphatic rings. The highest BCUT2D eigenvalue weighted by molar-refractivity contribution is 5.41. The number of benzene rings is 1. The van der Waals surface area contributed by atoms with Gasteiger partial charge in [0.2, 0.25) is 0 Å². The smallest absolute Gasteiger partial charge is 0.368 e. The Morgan fingerprint density at radius 3 is 2.60 bits per heavy atom. The van der Waals surface area contributed by atoms with E-state index in [0.717, 1.165) is 11.1 Å². The van der Waals surface area contributed by atoms with E-state index in [1.807, 2.05) is 30.3 Å². The predicted octanol–water partition coefficient (Wildman–Crippen LogP) is 1.79. The Morgan fingerprint density at radius 1 is 1.20 bits per heavy atom. The van der Waals surface area contributed by atoms with Crippen LogP contribution < -0.4 is 5.73 Å². The van der Waals surface area contributed by atoms with Gasteiger partial charge in [0, 0.05) is 18.2 Å². The number of nitrogens with zero attached hydrogens (tertiary/aromatic N) is 2. The maximum absolute atomic E-state index is 10.8. The summed E-state index contributed by atoms with van der Waals surface area (Å²) in [5.74, 6) is 0.263. The third-order valence-corrected chi connectivity index (χ3v) is 2.11. The summed E-state index contributed by atoms with van der Waals surface area (Å²) in [6.45, 7) is 0. The van der Waals surface area contributed by atoms with E-state index in [-0.39, 0.29) is 5.82 Å². The molecule has 2 N–H and O–H groups in total. The Labute approximate surface area is 87.4 Å². The summed E-state index contributed by atoms with van der Waals surface area (Å²) in [5, 5.41) is 10.8. The second-order valence-electron chi connectivity index (χ2n) is 3.23. The molecule has 0 fully saturated rings. The van der Waals surface area contributed by atoms with Gasteiger partial charge in [-0.05, 0) is 5.56 Å². The summed E-state index contributed by atoms with van der Waals surface area (Å²) >= 11 is 0. The van der Waals surface area contributed by atoms with Crippen molar-refractivity contribution in [3.8, 4) is 6.01 Å². The van der Waals surface area contributed by atoms with Crippen LogP contribution in [0.4, 0.5) is 5.82 Å². The summed E-state index contributed by atoms with van der Waals surface area (Å²) in [7, 11) is 0. The number of hydrogen-bond acceptors (Lipinski definition) is 3. The fourth-order valence-corrected chi connectivity index (χ4v) is 1.35. The molecule has 0 saturated carbocycles. The van der Waals surface area contributed by atoms with Crippen LogP contribution in [0.1, 0.15) is 11.1 Å². The average Bonchev–Trinajstić information content (AvgIpc) is 2.24. The summed E-state index contributed by atoms with van der Waals surface area (Å²) in [5.41, 5.74) is 7.51. The fourth-order valence-electron chi connectivity index (χ4n) is 1.35. The van der Waals surface area contributed by atoms with Crippen LogP contribution in [0.5, 0.6) is 6.01 Å². The van der Waals surface area contributed by atoms with Crippen LogP contribution >= 0.6 is 0 Å². The van der Waals surface area contributed by atoms with Gasteiger partial charge in [0.1, 0.15) is 5.82 Å². The van der Waals surface area contributed by atoms with Crippen LogP contribution in [0.15, 0.2) is 36.5 Å². The van der Waals surface area contributed by atoms with Crippen molar-refractivity contribution < 1.29 is 5.11 Å². The minimum Gasteiger partial charge on any atom is -0.383 e. The van der Waals surface area contributed by atoms with Gasteiger partial charge in [0.15, 0.2) is 0 Å². The molecule has 0 aliphatic heterocycles. The Hall–Kier alpha value is -2.10. The molecule has 1 radical (unpaired) electrons. The number of hydrogen-bond donors (Lipinski definition) is 1. The molecule has 4 heteroatoms. The Bertz CT molecular complexity index is 457. The van der Waals surface area contributed by atoms with Crippen LogP contribution in [0.25, 0.3) is 0 Å². The molecular formula is C11H10N3O. The zero-order chi connectivity index (χ0) is 10.7. The molecule has 15 heavy (non-hydrogen) atoms. The van der Waals surface area contributed by atoms with Crippen molar-refractivity contribution in [1.29, 1.82) is 0 Å². The van der Waals surface area contributed by atoms with E-state index in [2.05, 4.69) is 9.97 Å². The van der Waals surface area contributed by atoms with Gasteiger partial charge >= 0.3 is 6.01 Å². The largest absolute Gasteiger partial charge is 0.383 e. The van der Waals surface area contributed by atoms with Gasteiger partial charge in [0.05, 0.1) is 0 Å². The number of rotatable bonds is 2. The zero-order valence-corrected chi connectivity index (χ0v) is 8.05. The number of nitrogen functional groups attached to an aromatic ring is 1. The van der Waals surface area contributed by atoms with Crippen molar-refractivity contribution in [2.75, 3.05) is 5.73 Å². The van der Waals surface area contributed by atoms with E-state index in [9.17, 15) is 5.11 Å². The summed E-state index contributed by atoms with van der Waals surface area (Å²) in [4.78, 5) is 7.17. The number of aromatic nitrogens is 2. The maximum Gasteiger partial charge on any atom is 0.368 e. The number of anilines is 1. The lowest BCUT2D eigenvalue weighted by Crippen LogP contribution is -1.99. The van der Waals surface area contributed by atoms with Crippen molar-refractivity contribution in [2.45, 2.75) is 6.42 Å². The lowest BCUT2D eigenvalue weighted by Gasteiger charge is -2.03. The Kier molecular flexibility index (Phi) is 2.49. The molecule has 2 rings (SSSR count). The Morgan fingerprint density at radius 2 is 1.93 bits per heavy atom. The van der Waals surface area contributed by atoms with Crippen LogP contribution in [-0.2, 0) is 11.5 Å². The SMILES string of the molecule is Nc1nc([O])ncc1Cc1ccccc1. The molecule has 2 aromatic rings.